The van der Waals surface area contributed by atoms with Gasteiger partial charge >= 0.3 is 0 Å². The second kappa shape index (κ2) is 11.8. The SMILES string of the molecule is CCCN(CC)CCNCC(=O)NCCOC. The maximum Gasteiger partial charge on any atom is 0.234 e. The van der Waals surface area contributed by atoms with Gasteiger partial charge in [-0.25, -0.2) is 0 Å². The van der Waals surface area contributed by atoms with E-state index in [9.17, 15) is 4.79 Å². The average molecular weight is 245 g/mol. The first-order valence-corrected chi connectivity index (χ1v) is 6.43. The molecule has 0 aromatic heterocycles. The average Bonchev–Trinajstić information content (AvgIpc) is 2.33. The van der Waals surface area contributed by atoms with Crippen molar-refractivity contribution in [2.45, 2.75) is 20.3 Å². The molecular formula is C12H27N3O2. The lowest BCUT2D eigenvalue weighted by molar-refractivity contribution is -0.120. The van der Waals surface area contributed by atoms with Crippen molar-refractivity contribution in [3.8, 4) is 0 Å². The molecule has 0 rings (SSSR count). The van der Waals surface area contributed by atoms with Gasteiger partial charge in [0.2, 0.25) is 5.91 Å². The number of amides is 1. The number of carbonyl (C=O) groups excluding carboxylic acids is 1. The van der Waals surface area contributed by atoms with Crippen LogP contribution in [0.2, 0.25) is 0 Å². The van der Waals surface area contributed by atoms with Crippen molar-refractivity contribution in [1.29, 1.82) is 0 Å². The molecule has 5 heteroatoms. The molecule has 0 spiro atoms. The minimum atomic E-state index is 0.0283. The molecule has 17 heavy (non-hydrogen) atoms. The van der Waals surface area contributed by atoms with E-state index < -0.39 is 0 Å². The fourth-order valence-corrected chi connectivity index (χ4v) is 1.54. The summed E-state index contributed by atoms with van der Waals surface area (Å²) in [6, 6.07) is 0. The number of carbonyl (C=O) groups is 1. The van der Waals surface area contributed by atoms with Crippen LogP contribution in [0.1, 0.15) is 20.3 Å². The molecule has 0 saturated carbocycles. The van der Waals surface area contributed by atoms with Gasteiger partial charge in [0, 0.05) is 26.7 Å². The molecule has 0 bridgehead atoms. The second-order valence-corrected chi connectivity index (χ2v) is 3.95. The van der Waals surface area contributed by atoms with E-state index >= 15 is 0 Å². The Balaban J connectivity index is 3.39. The third kappa shape index (κ3) is 10.2. The fourth-order valence-electron chi connectivity index (χ4n) is 1.54. The monoisotopic (exact) mass is 245 g/mol. The van der Waals surface area contributed by atoms with Gasteiger partial charge in [-0.2, -0.15) is 0 Å². The Morgan fingerprint density at radius 2 is 2.00 bits per heavy atom. The van der Waals surface area contributed by atoms with E-state index in [4.69, 9.17) is 4.74 Å². The molecule has 0 atom stereocenters. The summed E-state index contributed by atoms with van der Waals surface area (Å²) in [5, 5.41) is 5.91. The highest BCUT2D eigenvalue weighted by molar-refractivity contribution is 5.77. The van der Waals surface area contributed by atoms with Crippen LogP contribution in [0.5, 0.6) is 0 Å². The highest BCUT2D eigenvalue weighted by Crippen LogP contribution is 1.88. The summed E-state index contributed by atoms with van der Waals surface area (Å²) in [5.41, 5.74) is 0. The number of likely N-dealkylation sites (N-methyl/N-ethyl adjacent to an activating group) is 1. The van der Waals surface area contributed by atoms with Crippen molar-refractivity contribution in [3.05, 3.63) is 0 Å². The largest absolute Gasteiger partial charge is 0.383 e. The van der Waals surface area contributed by atoms with Gasteiger partial charge < -0.3 is 20.3 Å². The van der Waals surface area contributed by atoms with Crippen LogP contribution in [-0.4, -0.2) is 63.8 Å². The van der Waals surface area contributed by atoms with Crippen LogP contribution < -0.4 is 10.6 Å². The molecule has 102 valence electrons. The fraction of sp³-hybridized carbons (Fsp3) is 0.917. The van der Waals surface area contributed by atoms with E-state index in [2.05, 4.69) is 29.4 Å². The van der Waals surface area contributed by atoms with Gasteiger partial charge in [-0.1, -0.05) is 13.8 Å². The summed E-state index contributed by atoms with van der Waals surface area (Å²) < 4.78 is 4.85. The number of methoxy groups -OCH3 is 1. The van der Waals surface area contributed by atoms with Gasteiger partial charge in [0.15, 0.2) is 0 Å². The number of rotatable bonds is 11. The highest BCUT2D eigenvalue weighted by Gasteiger charge is 2.02. The van der Waals surface area contributed by atoms with Gasteiger partial charge in [-0.15, -0.1) is 0 Å². The lowest BCUT2D eigenvalue weighted by Gasteiger charge is -2.19. The van der Waals surface area contributed by atoms with Gasteiger partial charge in [0.05, 0.1) is 13.2 Å². The zero-order valence-corrected chi connectivity index (χ0v) is 11.4. The van der Waals surface area contributed by atoms with Crippen molar-refractivity contribution in [2.24, 2.45) is 0 Å². The van der Waals surface area contributed by atoms with Crippen LogP contribution >= 0.6 is 0 Å². The molecule has 2 N–H and O–H groups in total. The molecule has 0 heterocycles. The Morgan fingerprint density at radius 1 is 1.24 bits per heavy atom. The highest BCUT2D eigenvalue weighted by atomic mass is 16.5. The molecule has 0 fully saturated rings. The Bertz CT molecular complexity index is 189. The van der Waals surface area contributed by atoms with Crippen LogP contribution in [0.3, 0.4) is 0 Å². The number of hydrogen-bond donors (Lipinski definition) is 2. The molecule has 1 amide bonds. The second-order valence-electron chi connectivity index (χ2n) is 3.95. The minimum Gasteiger partial charge on any atom is -0.383 e. The summed E-state index contributed by atoms with van der Waals surface area (Å²) in [7, 11) is 1.62. The summed E-state index contributed by atoms with van der Waals surface area (Å²) in [5.74, 6) is 0.0283. The Morgan fingerprint density at radius 3 is 2.59 bits per heavy atom. The zero-order chi connectivity index (χ0) is 12.9. The van der Waals surface area contributed by atoms with Gasteiger partial charge in [0.25, 0.3) is 0 Å². The molecule has 0 aliphatic heterocycles. The Labute approximate surface area is 105 Å². The number of nitrogens with zero attached hydrogens (tertiary/aromatic N) is 1. The number of hydrogen-bond acceptors (Lipinski definition) is 4. The standard InChI is InChI=1S/C12H27N3O2/c1-4-8-15(5-2)9-6-13-11-12(16)14-7-10-17-3/h13H,4-11H2,1-3H3,(H,14,16). The van der Waals surface area contributed by atoms with Crippen LogP contribution in [0.4, 0.5) is 0 Å². The summed E-state index contributed by atoms with van der Waals surface area (Å²) >= 11 is 0. The first-order valence-electron chi connectivity index (χ1n) is 6.43. The molecule has 0 radical (unpaired) electrons. The van der Waals surface area contributed by atoms with E-state index in [0.717, 1.165) is 26.2 Å². The van der Waals surface area contributed by atoms with Crippen LogP contribution in [0.25, 0.3) is 0 Å². The summed E-state index contributed by atoms with van der Waals surface area (Å²) in [4.78, 5) is 13.7. The van der Waals surface area contributed by atoms with Crippen LogP contribution in [-0.2, 0) is 9.53 Å². The van der Waals surface area contributed by atoms with E-state index in [1.807, 2.05) is 0 Å². The minimum absolute atomic E-state index is 0.0283. The zero-order valence-electron chi connectivity index (χ0n) is 11.4. The van der Waals surface area contributed by atoms with E-state index in [-0.39, 0.29) is 5.91 Å². The number of nitrogens with one attached hydrogen (secondary N) is 2. The summed E-state index contributed by atoms with van der Waals surface area (Å²) in [6.07, 6.45) is 1.17. The molecule has 0 aromatic carbocycles. The van der Waals surface area contributed by atoms with E-state index in [1.165, 1.54) is 6.42 Å². The van der Waals surface area contributed by atoms with Crippen molar-refractivity contribution in [2.75, 3.05) is 53.0 Å². The molecular weight excluding hydrogens is 218 g/mol. The topological polar surface area (TPSA) is 53.6 Å². The third-order valence-corrected chi connectivity index (χ3v) is 2.51. The van der Waals surface area contributed by atoms with Crippen LogP contribution in [0.15, 0.2) is 0 Å². The smallest absolute Gasteiger partial charge is 0.234 e. The molecule has 5 nitrogen and oxygen atoms in total. The summed E-state index contributed by atoms with van der Waals surface area (Å²) in [6.45, 7) is 9.90. The third-order valence-electron chi connectivity index (χ3n) is 2.51. The molecule has 0 aliphatic rings. The predicted octanol–water partition coefficient (Wildman–Crippen LogP) is 0.0705. The van der Waals surface area contributed by atoms with E-state index in [1.54, 1.807) is 7.11 Å². The van der Waals surface area contributed by atoms with E-state index in [0.29, 0.717) is 19.7 Å². The first-order chi connectivity index (χ1) is 8.24. The maximum atomic E-state index is 11.3. The van der Waals surface area contributed by atoms with Crippen molar-refractivity contribution in [1.82, 2.24) is 15.5 Å². The predicted molar refractivity (Wildman–Crippen MR) is 70.2 cm³/mol. The molecule has 0 unspecified atom stereocenters. The molecule has 0 aromatic rings. The van der Waals surface area contributed by atoms with Crippen LogP contribution in [0, 0.1) is 0 Å². The van der Waals surface area contributed by atoms with Gasteiger partial charge in [-0.05, 0) is 19.5 Å². The lowest BCUT2D eigenvalue weighted by atomic mass is 10.4. The quantitative estimate of drug-likeness (QED) is 0.506. The van der Waals surface area contributed by atoms with Gasteiger partial charge in [0.1, 0.15) is 0 Å². The van der Waals surface area contributed by atoms with Gasteiger partial charge in [-0.3, -0.25) is 4.79 Å². The number of ether oxygens (including phenoxy) is 1. The lowest BCUT2D eigenvalue weighted by Crippen LogP contribution is -2.39. The Kier molecular flexibility index (Phi) is 11.4. The maximum absolute atomic E-state index is 11.3. The van der Waals surface area contributed by atoms with Crippen molar-refractivity contribution in [3.63, 3.8) is 0 Å². The molecule has 0 aliphatic carbocycles. The van der Waals surface area contributed by atoms with Crippen molar-refractivity contribution >= 4 is 5.91 Å². The van der Waals surface area contributed by atoms with Crippen molar-refractivity contribution < 1.29 is 9.53 Å². The first kappa shape index (κ1) is 16.4. The Hall–Kier alpha value is -0.650. The normalized spacial score (nSPS) is 10.8. The molecule has 0 saturated heterocycles.